The van der Waals surface area contributed by atoms with E-state index < -0.39 is 0 Å². The van der Waals surface area contributed by atoms with Gasteiger partial charge in [0.2, 0.25) is 0 Å². The smallest absolute Gasteiger partial charge is 0.158 e. The fourth-order valence-electron chi connectivity index (χ4n) is 4.21. The van der Waals surface area contributed by atoms with Crippen LogP contribution in [0.4, 0.5) is 5.69 Å². The number of fused-ring (bicyclic) bond motifs is 5. The van der Waals surface area contributed by atoms with Gasteiger partial charge in [0, 0.05) is 5.39 Å². The SMILES string of the molecule is C[N+]1(C)CCN(c2c(C#N)c3nc4ccccc4n3c3ccccc23)CC1.[I-]. The molecule has 0 amide bonds. The van der Waals surface area contributed by atoms with Gasteiger partial charge in [-0.25, -0.2) is 4.98 Å². The summed E-state index contributed by atoms with van der Waals surface area (Å²) < 4.78 is 3.16. The van der Waals surface area contributed by atoms with E-state index in [2.05, 4.69) is 59.8 Å². The molecule has 0 aliphatic carbocycles. The van der Waals surface area contributed by atoms with E-state index in [0.29, 0.717) is 5.56 Å². The van der Waals surface area contributed by atoms with Crippen molar-refractivity contribution >= 4 is 33.3 Å². The molecule has 4 aromatic rings. The molecule has 1 aliphatic heterocycles. The molecule has 0 radical (unpaired) electrons. The molecule has 2 aromatic carbocycles. The molecule has 0 bridgehead atoms. The highest BCUT2D eigenvalue weighted by Gasteiger charge is 2.28. The fourth-order valence-corrected chi connectivity index (χ4v) is 4.21. The minimum absolute atomic E-state index is 0. The maximum Gasteiger partial charge on any atom is 0.158 e. The van der Waals surface area contributed by atoms with Crippen LogP contribution in [0.1, 0.15) is 5.56 Å². The van der Waals surface area contributed by atoms with Crippen LogP contribution >= 0.6 is 0 Å². The number of anilines is 1. The van der Waals surface area contributed by atoms with E-state index in [1.807, 2.05) is 18.2 Å². The first-order valence-electron chi connectivity index (χ1n) is 9.38. The predicted octanol–water partition coefficient (Wildman–Crippen LogP) is 0.413. The Kier molecular flexibility index (Phi) is 4.68. The van der Waals surface area contributed by atoms with Gasteiger partial charge >= 0.3 is 0 Å². The Morgan fingerprint density at radius 1 is 0.964 bits per heavy atom. The average molecular weight is 483 g/mol. The van der Waals surface area contributed by atoms with Gasteiger partial charge in [-0.1, -0.05) is 30.3 Å². The van der Waals surface area contributed by atoms with Crippen molar-refractivity contribution in [2.24, 2.45) is 0 Å². The van der Waals surface area contributed by atoms with Crippen LogP contribution in [0.25, 0.3) is 27.6 Å². The van der Waals surface area contributed by atoms with Gasteiger partial charge in [-0.2, -0.15) is 5.26 Å². The number of likely N-dealkylation sites (N-methyl/N-ethyl adjacent to an activating group) is 1. The summed E-state index contributed by atoms with van der Waals surface area (Å²) in [5.41, 5.74) is 5.55. The molecule has 1 aliphatic rings. The summed E-state index contributed by atoms with van der Waals surface area (Å²) in [6.45, 7) is 4.03. The first kappa shape index (κ1) is 19.0. The number of pyridine rings is 1. The lowest BCUT2D eigenvalue weighted by atomic mass is 10.1. The molecule has 0 N–H and O–H groups in total. The van der Waals surface area contributed by atoms with Gasteiger partial charge in [0.25, 0.3) is 0 Å². The van der Waals surface area contributed by atoms with Crippen LogP contribution in [0.2, 0.25) is 0 Å². The number of nitrogens with zero attached hydrogens (tertiary/aromatic N) is 5. The van der Waals surface area contributed by atoms with Crippen LogP contribution in [-0.4, -0.2) is 54.1 Å². The standard InChI is InChI=1S/C22H22N5.HI/c1-27(2)13-11-25(12-14-27)21-16-7-3-5-9-19(16)26-20-10-6-4-8-18(20)24-22(26)17(21)15-23;/h3-10H,11-14H2,1-2H3;1H/q+1;/p-1. The molecule has 1 saturated heterocycles. The molecule has 1 fully saturated rings. The Labute approximate surface area is 181 Å². The maximum absolute atomic E-state index is 10.1. The minimum atomic E-state index is 0. The van der Waals surface area contributed by atoms with Crippen LogP contribution in [0.5, 0.6) is 0 Å². The summed E-state index contributed by atoms with van der Waals surface area (Å²) in [4.78, 5) is 7.21. The minimum Gasteiger partial charge on any atom is -1.00 e. The molecule has 28 heavy (non-hydrogen) atoms. The maximum atomic E-state index is 10.1. The summed E-state index contributed by atoms with van der Waals surface area (Å²) >= 11 is 0. The number of piperazine rings is 1. The van der Waals surface area contributed by atoms with Gasteiger partial charge in [0.15, 0.2) is 5.65 Å². The number of hydrogen-bond donors (Lipinski definition) is 0. The molecule has 0 spiro atoms. The van der Waals surface area contributed by atoms with Crippen LogP contribution in [0, 0.1) is 11.3 Å². The van der Waals surface area contributed by atoms with Crippen molar-refractivity contribution in [2.45, 2.75) is 0 Å². The van der Waals surface area contributed by atoms with Crippen molar-refractivity contribution in [3.8, 4) is 6.07 Å². The summed E-state index contributed by atoms with van der Waals surface area (Å²) in [6.07, 6.45) is 0. The zero-order valence-electron chi connectivity index (χ0n) is 16.1. The van der Waals surface area contributed by atoms with Crippen molar-refractivity contribution in [3.05, 3.63) is 54.1 Å². The number of para-hydroxylation sites is 3. The van der Waals surface area contributed by atoms with E-state index in [9.17, 15) is 5.26 Å². The number of imidazole rings is 1. The third-order valence-electron chi connectivity index (χ3n) is 5.80. The quantitative estimate of drug-likeness (QED) is 0.291. The van der Waals surface area contributed by atoms with E-state index >= 15 is 0 Å². The number of hydrogen-bond acceptors (Lipinski definition) is 3. The van der Waals surface area contributed by atoms with E-state index in [4.69, 9.17) is 4.98 Å². The van der Waals surface area contributed by atoms with E-state index in [1.54, 1.807) is 0 Å². The summed E-state index contributed by atoms with van der Waals surface area (Å²) in [5.74, 6) is 0. The second-order valence-corrected chi connectivity index (χ2v) is 7.98. The third-order valence-corrected chi connectivity index (χ3v) is 5.80. The number of rotatable bonds is 1. The lowest BCUT2D eigenvalue weighted by Gasteiger charge is -2.40. The third kappa shape index (κ3) is 2.81. The Morgan fingerprint density at radius 2 is 1.61 bits per heavy atom. The molecule has 0 unspecified atom stereocenters. The molecule has 2 aromatic heterocycles. The molecular formula is C22H22IN5. The number of quaternary nitrogens is 1. The number of aromatic nitrogens is 2. The summed E-state index contributed by atoms with van der Waals surface area (Å²) in [5, 5.41) is 11.2. The van der Waals surface area contributed by atoms with Crippen LogP contribution in [0.15, 0.2) is 48.5 Å². The Balaban J connectivity index is 0.00000192. The highest BCUT2D eigenvalue weighted by Crippen LogP contribution is 2.36. The van der Waals surface area contributed by atoms with Gasteiger partial charge in [-0.05, 0) is 18.2 Å². The monoisotopic (exact) mass is 483 g/mol. The second-order valence-electron chi connectivity index (χ2n) is 7.98. The highest BCUT2D eigenvalue weighted by atomic mass is 127. The van der Waals surface area contributed by atoms with Gasteiger partial charge in [-0.3, -0.25) is 4.40 Å². The summed E-state index contributed by atoms with van der Waals surface area (Å²) in [7, 11) is 4.54. The molecule has 0 saturated carbocycles. The molecule has 5 nitrogen and oxygen atoms in total. The van der Waals surface area contributed by atoms with E-state index in [-0.39, 0.29) is 24.0 Å². The van der Waals surface area contributed by atoms with Crippen molar-refractivity contribution < 1.29 is 28.5 Å². The van der Waals surface area contributed by atoms with Crippen LogP contribution in [-0.2, 0) is 0 Å². The van der Waals surface area contributed by atoms with Gasteiger partial charge < -0.3 is 33.4 Å². The van der Waals surface area contributed by atoms with Gasteiger partial charge in [0.1, 0.15) is 11.6 Å². The van der Waals surface area contributed by atoms with Crippen LogP contribution < -0.4 is 28.9 Å². The first-order valence-corrected chi connectivity index (χ1v) is 9.38. The number of benzene rings is 2. The number of nitriles is 1. The zero-order chi connectivity index (χ0) is 18.6. The van der Waals surface area contributed by atoms with Crippen molar-refractivity contribution in [2.75, 3.05) is 45.2 Å². The van der Waals surface area contributed by atoms with Crippen molar-refractivity contribution in [3.63, 3.8) is 0 Å². The van der Waals surface area contributed by atoms with Gasteiger partial charge in [-0.15, -0.1) is 0 Å². The second kappa shape index (κ2) is 6.90. The zero-order valence-corrected chi connectivity index (χ0v) is 18.2. The molecule has 3 heterocycles. The molecular weight excluding hydrogens is 461 g/mol. The Morgan fingerprint density at radius 3 is 2.32 bits per heavy atom. The Hall–Kier alpha value is -2.37. The fraction of sp³-hybridized carbons (Fsp3) is 0.273. The Bertz CT molecular complexity index is 1220. The van der Waals surface area contributed by atoms with Crippen molar-refractivity contribution in [1.29, 1.82) is 5.26 Å². The highest BCUT2D eigenvalue weighted by molar-refractivity contribution is 6.02. The van der Waals surface area contributed by atoms with Crippen LogP contribution in [0.3, 0.4) is 0 Å². The molecule has 5 rings (SSSR count). The van der Waals surface area contributed by atoms with Crippen molar-refractivity contribution in [1.82, 2.24) is 9.38 Å². The molecule has 142 valence electrons. The lowest BCUT2D eigenvalue weighted by Crippen LogP contribution is -3.00. The number of halogens is 1. The lowest BCUT2D eigenvalue weighted by molar-refractivity contribution is -0.890. The van der Waals surface area contributed by atoms with E-state index in [1.165, 1.54) is 0 Å². The normalized spacial score (nSPS) is 16.2. The van der Waals surface area contributed by atoms with E-state index in [0.717, 1.165) is 63.9 Å². The largest absolute Gasteiger partial charge is 1.00 e. The molecule has 6 heteroatoms. The first-order chi connectivity index (χ1) is 13.1. The topological polar surface area (TPSA) is 44.3 Å². The predicted molar refractivity (Wildman–Crippen MR) is 109 cm³/mol. The average Bonchev–Trinajstić information content (AvgIpc) is 3.07. The summed E-state index contributed by atoms with van der Waals surface area (Å²) in [6, 6.07) is 19.0. The molecule has 0 atom stereocenters. The van der Waals surface area contributed by atoms with Gasteiger partial charge in [0.05, 0.1) is 62.5 Å².